The van der Waals surface area contributed by atoms with Gasteiger partial charge in [0.2, 0.25) is 0 Å². The summed E-state index contributed by atoms with van der Waals surface area (Å²) in [5.74, 6) is 0. The Morgan fingerprint density at radius 2 is 1.00 bits per heavy atom. The van der Waals surface area contributed by atoms with Crippen LogP contribution in [0, 0.1) is 10.4 Å². The van der Waals surface area contributed by atoms with Crippen LogP contribution in [-0.2, 0) is 0 Å². The molecule has 0 radical (unpaired) electrons. The van der Waals surface area contributed by atoms with Crippen LogP contribution in [0.2, 0.25) is 0 Å². The number of hydrogen-bond acceptors (Lipinski definition) is 4. The maximum absolute atomic E-state index is 9.56. The van der Waals surface area contributed by atoms with E-state index in [-0.39, 0.29) is 7.43 Å². The molecular weight excluding hydrogens is 148 g/mol. The Kier molecular flexibility index (Phi) is 17.3. The zero-order valence-corrected chi connectivity index (χ0v) is 6.61. The van der Waals surface area contributed by atoms with Gasteiger partial charge >= 0.3 is 0 Å². The highest BCUT2D eigenvalue weighted by molar-refractivity contribution is 3.90. The fraction of sp³-hybridized carbons (Fsp3) is 1.00. The Bertz CT molecular complexity index is 108. The summed E-state index contributed by atoms with van der Waals surface area (Å²) in [7, 11) is 5.54. The lowest BCUT2D eigenvalue weighted by Gasteiger charge is -1.82. The second kappa shape index (κ2) is 11.6. The summed E-state index contributed by atoms with van der Waals surface area (Å²) in [5, 5.41) is 25.5. The fourth-order valence-corrected chi connectivity index (χ4v) is 0. The number of azo groups is 2. The van der Waals surface area contributed by atoms with Crippen molar-refractivity contribution in [2.45, 2.75) is 7.43 Å². The average molecular weight is 164 g/mol. The van der Waals surface area contributed by atoms with Crippen LogP contribution in [0.1, 0.15) is 7.43 Å². The lowest BCUT2D eigenvalue weighted by Crippen LogP contribution is -1.84. The highest BCUT2D eigenvalue weighted by Gasteiger charge is 1.59. The maximum Gasteiger partial charge on any atom is 0.171 e. The molecule has 11 heavy (non-hydrogen) atoms. The van der Waals surface area contributed by atoms with Crippen LogP contribution in [0.5, 0.6) is 0 Å². The minimum atomic E-state index is 0. The zero-order valence-electron chi connectivity index (χ0n) is 6.61. The van der Waals surface area contributed by atoms with Crippen LogP contribution in [0.15, 0.2) is 10.2 Å². The third-order valence-corrected chi connectivity index (χ3v) is 0.563. The number of nitrogens with zero attached hydrogens (tertiary/aromatic N) is 4. The molecule has 0 saturated heterocycles. The minimum absolute atomic E-state index is 0. The number of rotatable bonds is 0. The predicted molar refractivity (Wildman–Crippen MR) is 42.5 cm³/mol. The van der Waals surface area contributed by atoms with Crippen molar-refractivity contribution in [3.63, 3.8) is 0 Å². The molecule has 0 bridgehead atoms. The van der Waals surface area contributed by atoms with Crippen LogP contribution in [0.4, 0.5) is 0 Å². The van der Waals surface area contributed by atoms with Gasteiger partial charge in [0, 0.05) is 0 Å². The standard InChI is InChI=1S/2C2H6N2O.CH4/c2*1-3-4(2)5;/h2*1-2H3;1H4. The third-order valence-electron chi connectivity index (χ3n) is 0.563. The quantitative estimate of drug-likeness (QED) is 0.305. The summed E-state index contributed by atoms with van der Waals surface area (Å²) in [6, 6.07) is 0. The summed E-state index contributed by atoms with van der Waals surface area (Å²) >= 11 is 0. The predicted octanol–water partition coefficient (Wildman–Crippen LogP) is 1.05. The Morgan fingerprint density at radius 1 is 0.909 bits per heavy atom. The lowest BCUT2D eigenvalue weighted by molar-refractivity contribution is -0.497. The van der Waals surface area contributed by atoms with Crippen molar-refractivity contribution < 1.29 is 9.72 Å². The molecular formula is C5H16N4O2. The van der Waals surface area contributed by atoms with Crippen molar-refractivity contribution in [3.05, 3.63) is 10.4 Å². The molecule has 0 aliphatic rings. The van der Waals surface area contributed by atoms with Gasteiger partial charge in [-0.15, -0.1) is 9.72 Å². The van der Waals surface area contributed by atoms with Gasteiger partial charge in [0.05, 0.1) is 14.1 Å². The second-order valence-corrected chi connectivity index (χ2v) is 1.33. The molecule has 0 aromatic heterocycles. The molecule has 0 aromatic rings. The van der Waals surface area contributed by atoms with Crippen LogP contribution in [-0.4, -0.2) is 37.9 Å². The van der Waals surface area contributed by atoms with E-state index in [1.165, 1.54) is 28.2 Å². The summed E-state index contributed by atoms with van der Waals surface area (Å²) in [6.45, 7) is 0. The molecule has 0 fully saturated rings. The molecule has 0 amide bonds. The van der Waals surface area contributed by atoms with Gasteiger partial charge in [0.15, 0.2) is 14.1 Å². The van der Waals surface area contributed by atoms with Crippen molar-refractivity contribution in [3.8, 4) is 0 Å². The van der Waals surface area contributed by atoms with Crippen molar-refractivity contribution in [2.24, 2.45) is 10.2 Å². The molecule has 0 rings (SSSR count). The van der Waals surface area contributed by atoms with Crippen LogP contribution in [0.25, 0.3) is 0 Å². The molecule has 0 aliphatic heterocycles. The zero-order chi connectivity index (χ0) is 8.57. The van der Waals surface area contributed by atoms with Gasteiger partial charge in [-0.25, -0.2) is 0 Å². The Hall–Kier alpha value is -1.20. The van der Waals surface area contributed by atoms with Crippen molar-refractivity contribution in [1.82, 2.24) is 0 Å². The maximum atomic E-state index is 9.56. The average Bonchev–Trinajstić information content (AvgIpc) is 1.89. The third kappa shape index (κ3) is 51.9. The normalized spacial score (nSPS) is 10.9. The highest BCUT2D eigenvalue weighted by atomic mass is 16.5. The van der Waals surface area contributed by atoms with Crippen LogP contribution >= 0.6 is 0 Å². The van der Waals surface area contributed by atoms with E-state index in [1.54, 1.807) is 0 Å². The number of hydroxylamine groups is 2. The monoisotopic (exact) mass is 164 g/mol. The smallest absolute Gasteiger partial charge is 0.171 e. The molecule has 0 N–H and O–H groups in total. The second-order valence-electron chi connectivity index (χ2n) is 1.33. The van der Waals surface area contributed by atoms with Crippen molar-refractivity contribution in [1.29, 1.82) is 0 Å². The molecule has 0 heterocycles. The van der Waals surface area contributed by atoms with Gasteiger partial charge in [-0.1, -0.05) is 7.43 Å². The first-order valence-corrected chi connectivity index (χ1v) is 2.55. The SMILES string of the molecule is C.CN=[N+](C)[O-].CN=[N+](C)[O-]. The van der Waals surface area contributed by atoms with E-state index in [0.29, 0.717) is 9.72 Å². The van der Waals surface area contributed by atoms with E-state index < -0.39 is 0 Å². The lowest BCUT2D eigenvalue weighted by atomic mass is 11.4. The Morgan fingerprint density at radius 3 is 1.00 bits per heavy atom. The summed E-state index contributed by atoms with van der Waals surface area (Å²) < 4.78 is 0. The molecule has 0 spiro atoms. The van der Waals surface area contributed by atoms with Gasteiger partial charge < -0.3 is 10.4 Å². The minimum Gasteiger partial charge on any atom is -0.600 e. The van der Waals surface area contributed by atoms with E-state index in [2.05, 4.69) is 10.2 Å². The van der Waals surface area contributed by atoms with E-state index in [0.717, 1.165) is 0 Å². The Balaban J connectivity index is -0.000000107. The molecule has 0 aromatic carbocycles. The summed E-state index contributed by atoms with van der Waals surface area (Å²) in [5.41, 5.74) is 0. The molecule has 0 aliphatic carbocycles. The first-order valence-electron chi connectivity index (χ1n) is 2.55. The first kappa shape index (κ1) is 16.4. The largest absolute Gasteiger partial charge is 0.600 e. The van der Waals surface area contributed by atoms with Crippen LogP contribution in [0.3, 0.4) is 0 Å². The summed E-state index contributed by atoms with van der Waals surface area (Å²) in [4.78, 5) is 1.00. The van der Waals surface area contributed by atoms with Gasteiger partial charge in [-0.05, 0) is 10.2 Å². The van der Waals surface area contributed by atoms with E-state index in [4.69, 9.17) is 0 Å². The van der Waals surface area contributed by atoms with Gasteiger partial charge in [0.1, 0.15) is 0 Å². The summed E-state index contributed by atoms with van der Waals surface area (Å²) in [6.07, 6.45) is 0. The molecule has 0 unspecified atom stereocenters. The van der Waals surface area contributed by atoms with Crippen LogP contribution < -0.4 is 0 Å². The molecule has 6 heteroatoms. The van der Waals surface area contributed by atoms with Crippen molar-refractivity contribution >= 4 is 0 Å². The van der Waals surface area contributed by atoms with E-state index in [9.17, 15) is 10.4 Å². The van der Waals surface area contributed by atoms with Gasteiger partial charge in [-0.3, -0.25) is 0 Å². The van der Waals surface area contributed by atoms with Crippen molar-refractivity contribution in [2.75, 3.05) is 28.2 Å². The fourth-order valence-electron chi connectivity index (χ4n) is 0. The Labute approximate surface area is 67.0 Å². The highest BCUT2D eigenvalue weighted by Crippen LogP contribution is 1.55. The molecule has 6 nitrogen and oxygen atoms in total. The van der Waals surface area contributed by atoms with Gasteiger partial charge in [0.25, 0.3) is 0 Å². The van der Waals surface area contributed by atoms with Gasteiger partial charge in [-0.2, -0.15) is 0 Å². The van der Waals surface area contributed by atoms with E-state index in [1.807, 2.05) is 0 Å². The molecule has 0 saturated carbocycles. The topological polar surface area (TPSA) is 76.9 Å². The molecule has 68 valence electrons. The molecule has 0 atom stereocenters. The first-order chi connectivity index (χ1) is 4.54. The number of hydrogen-bond donors (Lipinski definition) is 0. The van der Waals surface area contributed by atoms with E-state index >= 15 is 0 Å².